The van der Waals surface area contributed by atoms with Crippen LogP contribution in [0.15, 0.2) is 42.5 Å². The third-order valence-electron chi connectivity index (χ3n) is 6.98. The molecule has 0 fully saturated rings. The van der Waals surface area contributed by atoms with Crippen LogP contribution in [0.5, 0.6) is 0 Å². The average molecular weight is 463 g/mol. The maximum Gasteiger partial charge on any atom is 0.163 e. The highest BCUT2D eigenvalue weighted by Crippen LogP contribution is 2.36. The lowest BCUT2D eigenvalue weighted by Gasteiger charge is -2.31. The van der Waals surface area contributed by atoms with Gasteiger partial charge < -0.3 is 0 Å². The maximum atomic E-state index is 12.7. The summed E-state index contributed by atoms with van der Waals surface area (Å²) in [5, 5.41) is 0. The summed E-state index contributed by atoms with van der Waals surface area (Å²) in [5.74, 6) is 0.770. The molecule has 3 unspecified atom stereocenters. The summed E-state index contributed by atoms with van der Waals surface area (Å²) in [7, 11) is 0. The van der Waals surface area contributed by atoms with Gasteiger partial charge in [0.1, 0.15) is 11.6 Å². The number of benzene rings is 2. The Bertz CT molecular complexity index is 950. The highest BCUT2D eigenvalue weighted by molar-refractivity contribution is 6.00. The van der Waals surface area contributed by atoms with Crippen LogP contribution >= 0.6 is 0 Å². The molecule has 0 saturated carbocycles. The zero-order valence-electron chi connectivity index (χ0n) is 21.9. The molecule has 3 rings (SSSR count). The van der Waals surface area contributed by atoms with Crippen molar-refractivity contribution in [2.45, 2.75) is 86.5 Å². The van der Waals surface area contributed by atoms with Crippen LogP contribution in [0.3, 0.4) is 0 Å². The molecule has 3 atom stereocenters. The molecule has 0 N–H and O–H groups in total. The number of ketones is 3. The lowest BCUT2D eigenvalue weighted by molar-refractivity contribution is -0.129. The molecule has 0 saturated heterocycles. The summed E-state index contributed by atoms with van der Waals surface area (Å²) < 4.78 is 0. The third kappa shape index (κ3) is 8.04. The van der Waals surface area contributed by atoms with Crippen LogP contribution in [0, 0.1) is 38.5 Å². The summed E-state index contributed by atoms with van der Waals surface area (Å²) in [4.78, 5) is 36.6. The maximum absolute atomic E-state index is 12.7. The van der Waals surface area contributed by atoms with Gasteiger partial charge in [0.2, 0.25) is 0 Å². The van der Waals surface area contributed by atoms with Crippen LogP contribution in [-0.2, 0) is 16.0 Å². The van der Waals surface area contributed by atoms with E-state index in [0.29, 0.717) is 12.3 Å². The molecule has 34 heavy (non-hydrogen) atoms. The Morgan fingerprint density at radius 2 is 1.56 bits per heavy atom. The Morgan fingerprint density at radius 3 is 2.09 bits per heavy atom. The fraction of sp³-hybridized carbons (Fsp3) is 0.516. The minimum atomic E-state index is -0.0622. The van der Waals surface area contributed by atoms with Crippen molar-refractivity contribution in [3.8, 4) is 0 Å². The predicted octanol–water partition coefficient (Wildman–Crippen LogP) is 7.42. The van der Waals surface area contributed by atoms with E-state index in [1.165, 1.54) is 18.1 Å². The minimum Gasteiger partial charge on any atom is -0.300 e. The normalized spacial score (nSPS) is 16.6. The molecule has 0 bridgehead atoms. The van der Waals surface area contributed by atoms with Gasteiger partial charge in [-0.05, 0) is 69.9 Å². The van der Waals surface area contributed by atoms with Gasteiger partial charge >= 0.3 is 0 Å². The lowest BCUT2D eigenvalue weighted by atomic mass is 9.72. The molecule has 3 nitrogen and oxygen atoms in total. The molecule has 0 radical (unpaired) electrons. The molecule has 0 amide bonds. The molecule has 0 aromatic heterocycles. The number of aryl methyl sites for hydroxylation is 3. The number of Topliss-reactive ketones (excluding diaryl/α,β-unsaturated/α-hetero) is 3. The number of fused-ring (bicyclic) bond motifs is 1. The number of carbonyl (C=O) groups is 3. The average Bonchev–Trinajstić information content (AvgIpc) is 2.76. The van der Waals surface area contributed by atoms with Gasteiger partial charge in [0, 0.05) is 17.9 Å². The second-order valence-electron chi connectivity index (χ2n) is 10.1. The molecule has 2 aromatic rings. The Kier molecular flexibility index (Phi) is 10.9. The number of hydrogen-bond donors (Lipinski definition) is 0. The molecular weight excluding hydrogens is 420 g/mol. The quantitative estimate of drug-likeness (QED) is 0.364. The number of hydrogen-bond acceptors (Lipinski definition) is 3. The Hall–Kier alpha value is -2.55. The van der Waals surface area contributed by atoms with E-state index in [-0.39, 0.29) is 35.6 Å². The van der Waals surface area contributed by atoms with Crippen LogP contribution < -0.4 is 0 Å². The first-order valence-corrected chi connectivity index (χ1v) is 12.8. The largest absolute Gasteiger partial charge is 0.300 e. The fourth-order valence-corrected chi connectivity index (χ4v) is 5.33. The molecular formula is C31H42O3. The van der Waals surface area contributed by atoms with Crippen LogP contribution in [0.2, 0.25) is 0 Å². The SMILES string of the molecule is CCCC(CC1CC(=O)c2c(C)cccc2C1)C(CC)C(=O)CC(C)=O.Cc1ccc(C)cc1. The topological polar surface area (TPSA) is 51.2 Å². The molecule has 1 aliphatic rings. The van der Waals surface area contributed by atoms with E-state index in [2.05, 4.69) is 51.1 Å². The van der Waals surface area contributed by atoms with Gasteiger partial charge in [0.25, 0.3) is 0 Å². The van der Waals surface area contributed by atoms with Gasteiger partial charge in [-0.2, -0.15) is 0 Å². The van der Waals surface area contributed by atoms with Gasteiger partial charge in [-0.25, -0.2) is 0 Å². The van der Waals surface area contributed by atoms with Crippen molar-refractivity contribution in [2.75, 3.05) is 0 Å². The fourth-order valence-electron chi connectivity index (χ4n) is 5.33. The van der Waals surface area contributed by atoms with E-state index in [9.17, 15) is 14.4 Å². The van der Waals surface area contributed by atoms with Crippen molar-refractivity contribution in [2.24, 2.45) is 17.8 Å². The van der Waals surface area contributed by atoms with Crippen molar-refractivity contribution in [1.29, 1.82) is 0 Å². The molecule has 184 valence electrons. The summed E-state index contributed by atoms with van der Waals surface area (Å²) in [6.07, 6.45) is 5.21. The van der Waals surface area contributed by atoms with Crippen molar-refractivity contribution in [3.63, 3.8) is 0 Å². The van der Waals surface area contributed by atoms with Gasteiger partial charge in [-0.1, -0.05) is 80.3 Å². The van der Waals surface area contributed by atoms with Gasteiger partial charge in [0.15, 0.2) is 5.78 Å². The standard InChI is InChI=1S/C23H32O3.C8H10/c1-5-8-18(20(6-2)21(25)11-16(4)24)12-17-13-19-10-7-9-15(3)23(19)22(26)14-17;1-7-3-5-8(2)6-4-7/h7,9-10,17-18,20H,5-6,8,11-14H2,1-4H3;3-6H,1-2H3. The Morgan fingerprint density at radius 1 is 0.941 bits per heavy atom. The number of rotatable bonds is 9. The van der Waals surface area contributed by atoms with Crippen LogP contribution in [-0.4, -0.2) is 17.3 Å². The van der Waals surface area contributed by atoms with Crippen molar-refractivity contribution in [3.05, 3.63) is 70.3 Å². The van der Waals surface area contributed by atoms with Crippen molar-refractivity contribution < 1.29 is 14.4 Å². The monoisotopic (exact) mass is 462 g/mol. The van der Waals surface area contributed by atoms with E-state index in [1.54, 1.807) is 0 Å². The zero-order valence-corrected chi connectivity index (χ0v) is 21.9. The molecule has 3 heteroatoms. The van der Waals surface area contributed by atoms with Gasteiger partial charge in [-0.3, -0.25) is 14.4 Å². The van der Waals surface area contributed by atoms with E-state index >= 15 is 0 Å². The molecule has 0 aliphatic heterocycles. The molecule has 0 spiro atoms. The van der Waals surface area contributed by atoms with Crippen molar-refractivity contribution in [1.82, 2.24) is 0 Å². The van der Waals surface area contributed by atoms with Gasteiger partial charge in [0.05, 0.1) is 6.42 Å². The molecule has 0 heterocycles. The zero-order chi connectivity index (χ0) is 25.3. The molecule has 1 aliphatic carbocycles. The number of carbonyl (C=O) groups excluding carboxylic acids is 3. The molecule has 2 aromatic carbocycles. The highest BCUT2D eigenvalue weighted by Gasteiger charge is 2.32. The first-order valence-electron chi connectivity index (χ1n) is 12.8. The summed E-state index contributed by atoms with van der Waals surface area (Å²) in [6.45, 7) is 11.9. The van der Waals surface area contributed by atoms with E-state index in [0.717, 1.165) is 48.8 Å². The van der Waals surface area contributed by atoms with Crippen LogP contribution in [0.25, 0.3) is 0 Å². The van der Waals surface area contributed by atoms with Crippen LogP contribution in [0.4, 0.5) is 0 Å². The second kappa shape index (κ2) is 13.4. The van der Waals surface area contributed by atoms with Crippen molar-refractivity contribution >= 4 is 17.3 Å². The first kappa shape index (κ1) is 27.7. The summed E-state index contributed by atoms with van der Waals surface area (Å²) in [5.41, 5.74) is 5.80. The lowest BCUT2D eigenvalue weighted by Crippen LogP contribution is -2.29. The highest BCUT2D eigenvalue weighted by atomic mass is 16.1. The van der Waals surface area contributed by atoms with E-state index in [4.69, 9.17) is 0 Å². The van der Waals surface area contributed by atoms with Gasteiger partial charge in [-0.15, -0.1) is 0 Å². The van der Waals surface area contributed by atoms with E-state index in [1.807, 2.05) is 26.0 Å². The second-order valence-corrected chi connectivity index (χ2v) is 10.1. The Labute approximate surface area is 206 Å². The predicted molar refractivity (Wildman–Crippen MR) is 140 cm³/mol. The summed E-state index contributed by atoms with van der Waals surface area (Å²) in [6, 6.07) is 14.6. The summed E-state index contributed by atoms with van der Waals surface area (Å²) >= 11 is 0. The van der Waals surface area contributed by atoms with E-state index < -0.39 is 0 Å². The smallest absolute Gasteiger partial charge is 0.163 e. The van der Waals surface area contributed by atoms with Crippen LogP contribution in [0.1, 0.15) is 91.9 Å². The first-order chi connectivity index (χ1) is 16.2. The third-order valence-corrected chi connectivity index (χ3v) is 6.98. The minimum absolute atomic E-state index is 0.0460. The Balaban J connectivity index is 0.000000430.